The first-order valence-corrected chi connectivity index (χ1v) is 11.1. The van der Waals surface area contributed by atoms with E-state index in [0.29, 0.717) is 35.7 Å². The first-order valence-electron chi connectivity index (χ1n) is 11.1. The zero-order chi connectivity index (χ0) is 22.1. The van der Waals surface area contributed by atoms with Gasteiger partial charge in [-0.05, 0) is 50.3 Å². The van der Waals surface area contributed by atoms with Crippen molar-refractivity contribution >= 4 is 22.7 Å². The highest BCUT2D eigenvalue weighted by molar-refractivity contribution is 5.99. The predicted molar refractivity (Wildman–Crippen MR) is 116 cm³/mol. The van der Waals surface area contributed by atoms with Crippen LogP contribution < -0.4 is 5.32 Å². The van der Waals surface area contributed by atoms with Crippen LogP contribution in [0, 0.1) is 12.7 Å². The largest absolute Gasteiger partial charge is 0.394 e. The Morgan fingerprint density at radius 3 is 2.81 bits per heavy atom. The molecular weight excluding hydrogens is 399 g/mol. The van der Waals surface area contributed by atoms with E-state index in [2.05, 4.69) is 15.2 Å². The number of carbonyl (C=O) groups is 2. The Balaban J connectivity index is 1.40. The fourth-order valence-electron chi connectivity index (χ4n) is 5.12. The third kappa shape index (κ3) is 4.45. The summed E-state index contributed by atoms with van der Waals surface area (Å²) in [6.07, 6.45) is 3.79. The van der Waals surface area contributed by atoms with Crippen molar-refractivity contribution in [3.8, 4) is 0 Å². The van der Waals surface area contributed by atoms with E-state index < -0.39 is 0 Å². The third-order valence-electron chi connectivity index (χ3n) is 6.82. The van der Waals surface area contributed by atoms with E-state index in [1.807, 2.05) is 6.92 Å². The molecule has 2 aliphatic rings. The van der Waals surface area contributed by atoms with E-state index in [1.54, 1.807) is 24.0 Å². The van der Waals surface area contributed by atoms with Gasteiger partial charge in [0.1, 0.15) is 11.5 Å². The minimum atomic E-state index is -0.336. The number of nitrogens with zero attached hydrogens (tertiary/aromatic N) is 2. The van der Waals surface area contributed by atoms with Crippen molar-refractivity contribution in [1.29, 1.82) is 0 Å². The number of halogens is 1. The number of H-pyrrole nitrogens is 1. The lowest BCUT2D eigenvalue weighted by Gasteiger charge is -2.45. The molecule has 4 rings (SSSR count). The van der Waals surface area contributed by atoms with Gasteiger partial charge in [0.2, 0.25) is 5.91 Å². The number of hydrogen-bond acceptors (Lipinski definition) is 4. The van der Waals surface area contributed by atoms with Crippen molar-refractivity contribution in [3.05, 3.63) is 35.3 Å². The molecule has 7 nitrogen and oxygen atoms in total. The van der Waals surface area contributed by atoms with Gasteiger partial charge in [-0.1, -0.05) is 6.07 Å². The van der Waals surface area contributed by atoms with Crippen LogP contribution in [-0.2, 0) is 4.79 Å². The fraction of sp³-hybridized carbons (Fsp3) is 0.565. The van der Waals surface area contributed by atoms with Crippen molar-refractivity contribution in [3.63, 3.8) is 0 Å². The first kappa shape index (κ1) is 21.8. The van der Waals surface area contributed by atoms with Crippen LogP contribution in [0.4, 0.5) is 4.39 Å². The van der Waals surface area contributed by atoms with Gasteiger partial charge in [0.05, 0.1) is 18.2 Å². The third-order valence-corrected chi connectivity index (χ3v) is 6.82. The zero-order valence-corrected chi connectivity index (χ0v) is 18.2. The fourth-order valence-corrected chi connectivity index (χ4v) is 5.12. The average molecular weight is 431 g/mol. The number of hydrogen-bond donors (Lipinski definition) is 3. The lowest BCUT2D eigenvalue weighted by atomic mass is 9.89. The first-order chi connectivity index (χ1) is 14.9. The molecule has 0 radical (unpaired) electrons. The second kappa shape index (κ2) is 8.96. The van der Waals surface area contributed by atoms with Gasteiger partial charge in [-0.3, -0.25) is 14.5 Å². The van der Waals surface area contributed by atoms with E-state index in [1.165, 1.54) is 6.07 Å². The van der Waals surface area contributed by atoms with Crippen LogP contribution in [0.2, 0.25) is 0 Å². The molecule has 31 heavy (non-hydrogen) atoms. The number of carbonyl (C=O) groups excluding carboxylic acids is 2. The lowest BCUT2D eigenvalue weighted by molar-refractivity contribution is -0.135. The Hall–Kier alpha value is -2.45. The normalized spacial score (nSPS) is 25.0. The van der Waals surface area contributed by atoms with Gasteiger partial charge in [0.25, 0.3) is 5.91 Å². The van der Waals surface area contributed by atoms with Crippen molar-refractivity contribution in [2.24, 2.45) is 0 Å². The Kier molecular flexibility index (Phi) is 6.29. The summed E-state index contributed by atoms with van der Waals surface area (Å²) in [5.74, 6) is -0.551. The van der Waals surface area contributed by atoms with Crippen LogP contribution in [-0.4, -0.2) is 76.1 Å². The van der Waals surface area contributed by atoms with E-state index in [9.17, 15) is 19.1 Å². The number of amides is 2. The Morgan fingerprint density at radius 1 is 1.29 bits per heavy atom. The molecule has 8 heteroatoms. The van der Waals surface area contributed by atoms with Gasteiger partial charge in [-0.25, -0.2) is 4.39 Å². The molecule has 2 fully saturated rings. The summed E-state index contributed by atoms with van der Waals surface area (Å²) in [6, 6.07) is 4.88. The lowest BCUT2D eigenvalue weighted by Crippen LogP contribution is -2.59. The Bertz CT molecular complexity index is 936. The molecule has 0 unspecified atom stereocenters. The van der Waals surface area contributed by atoms with Gasteiger partial charge in [0.15, 0.2) is 0 Å². The topological polar surface area (TPSA) is 88.7 Å². The number of nitrogens with one attached hydrogen (secondary N) is 2. The van der Waals surface area contributed by atoms with Gasteiger partial charge in [-0.15, -0.1) is 0 Å². The summed E-state index contributed by atoms with van der Waals surface area (Å²) in [4.78, 5) is 31.8. The molecule has 2 heterocycles. The molecule has 168 valence electrons. The van der Waals surface area contributed by atoms with Crippen LogP contribution in [0.25, 0.3) is 10.9 Å². The SMILES string of the molecule is CC(=O)N1CCN([C@@H]2CCC[C@@H](NC(=O)c3cc4c(F)ccc(C)c4[nH]3)C2)C[C@H]1CO. The van der Waals surface area contributed by atoms with Crippen LogP contribution in [0.5, 0.6) is 0 Å². The number of fused-ring (bicyclic) bond motifs is 1. The summed E-state index contributed by atoms with van der Waals surface area (Å²) >= 11 is 0. The van der Waals surface area contributed by atoms with Crippen molar-refractivity contribution < 1.29 is 19.1 Å². The van der Waals surface area contributed by atoms with Gasteiger partial charge in [0, 0.05) is 44.0 Å². The van der Waals surface area contributed by atoms with Crippen molar-refractivity contribution in [2.45, 2.75) is 57.7 Å². The minimum Gasteiger partial charge on any atom is -0.394 e. The van der Waals surface area contributed by atoms with E-state index in [-0.39, 0.29) is 36.3 Å². The number of piperazine rings is 1. The number of aliphatic hydroxyl groups excluding tert-OH is 1. The van der Waals surface area contributed by atoms with Crippen molar-refractivity contribution in [2.75, 3.05) is 26.2 Å². The van der Waals surface area contributed by atoms with E-state index in [0.717, 1.165) is 37.8 Å². The zero-order valence-electron chi connectivity index (χ0n) is 18.2. The van der Waals surface area contributed by atoms with Crippen LogP contribution in [0.3, 0.4) is 0 Å². The standard InChI is InChI=1S/C23H31FN4O3/c1-14-6-7-20(24)19-11-21(26-22(14)19)23(31)25-16-4-3-5-17(10-16)27-8-9-28(15(2)30)18(12-27)13-29/h6-7,11,16-18,26,29H,3-5,8-10,12-13H2,1-2H3,(H,25,31)/t16-,17-,18+/m1/s1. The van der Waals surface area contributed by atoms with Crippen LogP contribution in [0.15, 0.2) is 18.2 Å². The Morgan fingerprint density at radius 2 is 2.10 bits per heavy atom. The highest BCUT2D eigenvalue weighted by Gasteiger charge is 2.34. The highest BCUT2D eigenvalue weighted by Crippen LogP contribution is 2.27. The molecule has 0 spiro atoms. The minimum absolute atomic E-state index is 0.00232. The molecule has 1 aromatic carbocycles. The number of rotatable bonds is 4. The number of aliphatic hydroxyl groups is 1. The number of aromatic nitrogens is 1. The van der Waals surface area contributed by atoms with Crippen molar-refractivity contribution in [1.82, 2.24) is 20.1 Å². The monoisotopic (exact) mass is 430 g/mol. The molecule has 1 aliphatic carbocycles. The molecule has 3 atom stereocenters. The van der Waals surface area contributed by atoms with E-state index in [4.69, 9.17) is 0 Å². The smallest absolute Gasteiger partial charge is 0.267 e. The summed E-state index contributed by atoms with van der Waals surface area (Å²) in [6.45, 7) is 5.44. The second-order valence-electron chi connectivity index (χ2n) is 8.87. The average Bonchev–Trinajstić information content (AvgIpc) is 3.23. The molecule has 0 bridgehead atoms. The predicted octanol–water partition coefficient (Wildman–Crippen LogP) is 2.18. The maximum Gasteiger partial charge on any atom is 0.267 e. The van der Waals surface area contributed by atoms with Gasteiger partial charge < -0.3 is 20.3 Å². The molecule has 3 N–H and O–H groups in total. The second-order valence-corrected chi connectivity index (χ2v) is 8.87. The van der Waals surface area contributed by atoms with E-state index >= 15 is 0 Å². The number of aryl methyl sites for hydroxylation is 1. The summed E-state index contributed by atoms with van der Waals surface area (Å²) in [5.41, 5.74) is 1.93. The molecule has 1 aliphatic heterocycles. The molecule has 2 amide bonds. The maximum absolute atomic E-state index is 14.1. The molecule has 1 saturated carbocycles. The molecule has 2 aromatic rings. The summed E-state index contributed by atoms with van der Waals surface area (Å²) < 4.78 is 14.1. The maximum atomic E-state index is 14.1. The van der Waals surface area contributed by atoms with Gasteiger partial charge >= 0.3 is 0 Å². The Labute approximate surface area is 181 Å². The summed E-state index contributed by atoms with van der Waals surface area (Å²) in [7, 11) is 0. The quantitative estimate of drug-likeness (QED) is 0.694. The molecule has 1 saturated heterocycles. The highest BCUT2D eigenvalue weighted by atomic mass is 19.1. The number of aromatic amines is 1. The number of benzene rings is 1. The summed E-state index contributed by atoms with van der Waals surface area (Å²) in [5, 5.41) is 13.3. The molecule has 1 aromatic heterocycles. The van der Waals surface area contributed by atoms with Gasteiger partial charge in [-0.2, -0.15) is 0 Å². The van der Waals surface area contributed by atoms with Crippen LogP contribution in [0.1, 0.15) is 48.7 Å². The van der Waals surface area contributed by atoms with Crippen LogP contribution >= 0.6 is 0 Å². The molecular formula is C23H31FN4O3.